The number of hydrogen-bond donors (Lipinski definition) is 1. The SMILES string of the molecule is C=CCCCCCCCCOc1cccc(OCCCCCCCCCCS(=O)(=O)O)c1-c1ccccc1. The van der Waals surface area contributed by atoms with Crippen molar-refractivity contribution in [3.05, 3.63) is 61.2 Å². The summed E-state index contributed by atoms with van der Waals surface area (Å²) in [6.45, 7) is 5.17. The molecule has 0 saturated carbocycles. The van der Waals surface area contributed by atoms with Crippen molar-refractivity contribution in [2.45, 2.75) is 96.3 Å². The van der Waals surface area contributed by atoms with E-state index in [2.05, 4.69) is 18.7 Å². The summed E-state index contributed by atoms with van der Waals surface area (Å²) in [4.78, 5) is 0. The third-order valence-corrected chi connectivity index (χ3v) is 7.47. The molecule has 2 rings (SSSR count). The van der Waals surface area contributed by atoms with E-state index in [-0.39, 0.29) is 5.75 Å². The van der Waals surface area contributed by atoms with Crippen LogP contribution in [0.5, 0.6) is 11.5 Å². The second-order valence-corrected chi connectivity index (χ2v) is 11.6. The summed E-state index contributed by atoms with van der Waals surface area (Å²) < 4.78 is 42.7. The maximum absolute atomic E-state index is 10.7. The number of ether oxygens (including phenoxy) is 2. The van der Waals surface area contributed by atoms with Crippen molar-refractivity contribution >= 4 is 10.1 Å². The fraction of sp³-hybridized carbons (Fsp3) is 0.562. The number of benzene rings is 2. The van der Waals surface area contributed by atoms with Crippen molar-refractivity contribution in [2.24, 2.45) is 0 Å². The van der Waals surface area contributed by atoms with E-state index in [1.54, 1.807) is 0 Å². The van der Waals surface area contributed by atoms with Crippen molar-refractivity contribution in [1.82, 2.24) is 0 Å². The van der Waals surface area contributed by atoms with Gasteiger partial charge in [0, 0.05) is 0 Å². The van der Waals surface area contributed by atoms with Crippen molar-refractivity contribution in [2.75, 3.05) is 19.0 Å². The lowest BCUT2D eigenvalue weighted by Crippen LogP contribution is -2.03. The van der Waals surface area contributed by atoms with Gasteiger partial charge in [-0.15, -0.1) is 6.58 Å². The lowest BCUT2D eigenvalue weighted by Gasteiger charge is -2.17. The van der Waals surface area contributed by atoms with E-state index >= 15 is 0 Å². The van der Waals surface area contributed by atoms with Gasteiger partial charge < -0.3 is 9.47 Å². The molecule has 38 heavy (non-hydrogen) atoms. The van der Waals surface area contributed by atoms with E-state index < -0.39 is 10.1 Å². The molecule has 1 N–H and O–H groups in total. The molecule has 0 saturated heterocycles. The lowest BCUT2D eigenvalue weighted by atomic mass is 10.0. The molecule has 0 spiro atoms. The highest BCUT2D eigenvalue weighted by atomic mass is 32.2. The van der Waals surface area contributed by atoms with Crippen molar-refractivity contribution in [3.63, 3.8) is 0 Å². The standard InChI is InChI=1S/C32H48O5S/c1-2-3-4-5-6-9-12-18-26-36-30-24-21-25-31(32(30)29-22-16-15-17-23-29)37-27-19-13-10-7-8-11-14-20-28-38(33,34)35/h2,15-17,21-25H,1,3-14,18-20,26-28H2,(H,33,34,35). The second kappa shape index (κ2) is 19.7. The largest absolute Gasteiger partial charge is 0.493 e. The normalized spacial score (nSPS) is 11.4. The van der Waals surface area contributed by atoms with Crippen LogP contribution < -0.4 is 9.47 Å². The van der Waals surface area contributed by atoms with Gasteiger partial charge in [0.05, 0.1) is 24.5 Å². The van der Waals surface area contributed by atoms with E-state index in [0.29, 0.717) is 19.6 Å². The number of allylic oxidation sites excluding steroid dienone is 1. The third kappa shape index (κ3) is 14.6. The fourth-order valence-electron chi connectivity index (χ4n) is 4.55. The van der Waals surface area contributed by atoms with Crippen LogP contribution in [0.25, 0.3) is 11.1 Å². The topological polar surface area (TPSA) is 72.8 Å². The van der Waals surface area contributed by atoms with Crippen LogP contribution in [0.2, 0.25) is 0 Å². The van der Waals surface area contributed by atoms with E-state index in [4.69, 9.17) is 14.0 Å². The molecule has 0 bridgehead atoms. The quantitative estimate of drug-likeness (QED) is 0.0858. The van der Waals surface area contributed by atoms with Gasteiger partial charge in [-0.25, -0.2) is 0 Å². The van der Waals surface area contributed by atoms with Gasteiger partial charge in [-0.1, -0.05) is 107 Å². The van der Waals surface area contributed by atoms with Crippen LogP contribution >= 0.6 is 0 Å². The summed E-state index contributed by atoms with van der Waals surface area (Å²) in [5.74, 6) is 1.63. The summed E-state index contributed by atoms with van der Waals surface area (Å²) in [6, 6.07) is 16.4. The van der Waals surface area contributed by atoms with E-state index in [9.17, 15) is 8.42 Å². The number of hydrogen-bond acceptors (Lipinski definition) is 4. The molecule has 0 amide bonds. The van der Waals surface area contributed by atoms with E-state index in [1.807, 2.05) is 42.5 Å². The van der Waals surface area contributed by atoms with Crippen LogP contribution in [-0.4, -0.2) is 31.9 Å². The van der Waals surface area contributed by atoms with Crippen LogP contribution in [0.4, 0.5) is 0 Å². The zero-order valence-electron chi connectivity index (χ0n) is 23.1. The summed E-state index contributed by atoms with van der Waals surface area (Å²) in [5.41, 5.74) is 2.14. The molecule has 0 aliphatic heterocycles. The Labute approximate surface area is 231 Å². The Balaban J connectivity index is 1.73. The minimum atomic E-state index is -3.81. The molecule has 212 valence electrons. The smallest absolute Gasteiger partial charge is 0.264 e. The Morgan fingerprint density at radius 3 is 1.61 bits per heavy atom. The zero-order valence-corrected chi connectivity index (χ0v) is 23.9. The van der Waals surface area contributed by atoms with Crippen LogP contribution in [0.15, 0.2) is 61.2 Å². The van der Waals surface area contributed by atoms with Crippen LogP contribution in [0.1, 0.15) is 96.3 Å². The van der Waals surface area contributed by atoms with Crippen LogP contribution in [-0.2, 0) is 10.1 Å². The summed E-state index contributed by atoms with van der Waals surface area (Å²) in [7, 11) is -3.81. The first-order valence-corrected chi connectivity index (χ1v) is 16.1. The summed E-state index contributed by atoms with van der Waals surface area (Å²) in [5, 5.41) is 0. The average molecular weight is 545 g/mol. The van der Waals surface area contributed by atoms with Gasteiger partial charge in [-0.2, -0.15) is 8.42 Å². The Bertz CT molecular complexity index is 988. The number of unbranched alkanes of at least 4 members (excludes halogenated alkanes) is 13. The van der Waals surface area contributed by atoms with Crippen LogP contribution in [0.3, 0.4) is 0 Å². The molecule has 0 aliphatic carbocycles. The van der Waals surface area contributed by atoms with Crippen molar-refractivity contribution in [3.8, 4) is 22.6 Å². The number of rotatable bonds is 23. The minimum Gasteiger partial charge on any atom is -0.493 e. The van der Waals surface area contributed by atoms with Crippen molar-refractivity contribution < 1.29 is 22.4 Å². The molecular formula is C32H48O5S. The summed E-state index contributed by atoms with van der Waals surface area (Å²) >= 11 is 0. The zero-order chi connectivity index (χ0) is 27.3. The predicted molar refractivity (Wildman–Crippen MR) is 159 cm³/mol. The van der Waals surface area contributed by atoms with Gasteiger partial charge >= 0.3 is 0 Å². The Hall–Kier alpha value is -2.31. The molecule has 5 nitrogen and oxygen atoms in total. The summed E-state index contributed by atoms with van der Waals surface area (Å²) in [6.07, 6.45) is 18.3. The fourth-order valence-corrected chi connectivity index (χ4v) is 5.12. The molecular weight excluding hydrogens is 496 g/mol. The first-order valence-electron chi connectivity index (χ1n) is 14.5. The van der Waals surface area contributed by atoms with Gasteiger partial charge in [0.1, 0.15) is 11.5 Å². The molecule has 2 aromatic carbocycles. The molecule has 0 radical (unpaired) electrons. The maximum Gasteiger partial charge on any atom is 0.264 e. The van der Waals surface area contributed by atoms with Gasteiger partial charge in [-0.3, -0.25) is 4.55 Å². The highest BCUT2D eigenvalue weighted by molar-refractivity contribution is 7.85. The molecule has 0 aromatic heterocycles. The lowest BCUT2D eigenvalue weighted by molar-refractivity contribution is 0.292. The molecule has 0 atom stereocenters. The molecule has 0 aliphatic rings. The Morgan fingerprint density at radius 2 is 1.11 bits per heavy atom. The van der Waals surface area contributed by atoms with Crippen LogP contribution in [0, 0.1) is 0 Å². The molecule has 0 unspecified atom stereocenters. The average Bonchev–Trinajstić information content (AvgIpc) is 2.90. The highest BCUT2D eigenvalue weighted by Gasteiger charge is 2.13. The van der Waals surface area contributed by atoms with Gasteiger partial charge in [0.25, 0.3) is 10.1 Å². The van der Waals surface area contributed by atoms with E-state index in [1.165, 1.54) is 32.1 Å². The highest BCUT2D eigenvalue weighted by Crippen LogP contribution is 2.38. The maximum atomic E-state index is 10.7. The monoisotopic (exact) mass is 544 g/mol. The van der Waals surface area contributed by atoms with Crippen molar-refractivity contribution in [1.29, 1.82) is 0 Å². The Morgan fingerprint density at radius 1 is 0.632 bits per heavy atom. The minimum absolute atomic E-state index is 0.127. The van der Waals surface area contributed by atoms with Gasteiger partial charge in [0.15, 0.2) is 0 Å². The van der Waals surface area contributed by atoms with Gasteiger partial charge in [0.2, 0.25) is 0 Å². The molecule has 2 aromatic rings. The third-order valence-electron chi connectivity index (χ3n) is 6.66. The molecule has 0 heterocycles. The Kier molecular flexibility index (Phi) is 16.6. The van der Waals surface area contributed by atoms with E-state index in [0.717, 1.165) is 80.4 Å². The second-order valence-electron chi connectivity index (χ2n) is 10.0. The molecule has 0 fully saturated rings. The first-order chi connectivity index (χ1) is 18.5. The predicted octanol–water partition coefficient (Wildman–Crippen LogP) is 9.04. The first kappa shape index (κ1) is 31.9. The molecule has 6 heteroatoms. The van der Waals surface area contributed by atoms with Gasteiger partial charge in [-0.05, 0) is 49.8 Å².